The molecule has 11 heavy (non-hydrogen) atoms. The van der Waals surface area contributed by atoms with Crippen molar-refractivity contribution in [3.8, 4) is 0 Å². The van der Waals surface area contributed by atoms with Crippen LogP contribution in [0, 0.1) is 5.92 Å². The third-order valence-electron chi connectivity index (χ3n) is 2.36. The Morgan fingerprint density at radius 1 is 1.82 bits per heavy atom. The van der Waals surface area contributed by atoms with Crippen molar-refractivity contribution in [2.24, 2.45) is 13.0 Å². The molecule has 2 rings (SSSR count). The molecule has 0 spiro atoms. The molecule has 0 radical (unpaired) electrons. The van der Waals surface area contributed by atoms with Gasteiger partial charge in [-0.2, -0.15) is 5.10 Å². The number of rotatable bonds is 2. The van der Waals surface area contributed by atoms with Crippen molar-refractivity contribution in [3.05, 3.63) is 18.0 Å². The highest BCUT2D eigenvalue weighted by atomic mass is 35.5. The molecular formula is C8H11ClN2. The van der Waals surface area contributed by atoms with Crippen molar-refractivity contribution in [3.63, 3.8) is 0 Å². The van der Waals surface area contributed by atoms with Gasteiger partial charge in [-0.25, -0.2) is 0 Å². The summed E-state index contributed by atoms with van der Waals surface area (Å²) in [7, 11) is 1.99. The molecule has 0 saturated heterocycles. The molecule has 1 aliphatic rings. The van der Waals surface area contributed by atoms with E-state index >= 15 is 0 Å². The molecule has 0 amide bonds. The predicted octanol–water partition coefficient (Wildman–Crippen LogP) is 1.76. The number of alkyl halides is 1. The Morgan fingerprint density at radius 2 is 2.64 bits per heavy atom. The fraction of sp³-hybridized carbons (Fsp3) is 0.625. The van der Waals surface area contributed by atoms with Crippen molar-refractivity contribution < 1.29 is 0 Å². The first-order valence-corrected chi connectivity index (χ1v) is 4.40. The highest BCUT2D eigenvalue weighted by Crippen LogP contribution is 2.47. The van der Waals surface area contributed by atoms with Crippen molar-refractivity contribution in [2.45, 2.75) is 12.3 Å². The predicted molar refractivity (Wildman–Crippen MR) is 44.8 cm³/mol. The maximum atomic E-state index is 5.73. The summed E-state index contributed by atoms with van der Waals surface area (Å²) in [6.45, 7) is 0. The third-order valence-corrected chi connectivity index (χ3v) is 2.76. The normalized spacial score (nSPS) is 28.9. The van der Waals surface area contributed by atoms with E-state index in [1.54, 1.807) is 0 Å². The fourth-order valence-corrected chi connectivity index (χ4v) is 1.87. The van der Waals surface area contributed by atoms with E-state index in [1.165, 1.54) is 12.1 Å². The summed E-state index contributed by atoms with van der Waals surface area (Å²) in [5.74, 6) is 2.17. The minimum absolute atomic E-state index is 0.681. The lowest BCUT2D eigenvalue weighted by molar-refractivity contribution is 0.701. The van der Waals surface area contributed by atoms with E-state index in [-0.39, 0.29) is 0 Å². The molecule has 0 bridgehead atoms. The van der Waals surface area contributed by atoms with Gasteiger partial charge in [0.25, 0.3) is 0 Å². The van der Waals surface area contributed by atoms with E-state index in [0.717, 1.165) is 5.88 Å². The van der Waals surface area contributed by atoms with Crippen molar-refractivity contribution in [2.75, 3.05) is 5.88 Å². The minimum Gasteiger partial charge on any atom is -0.272 e. The monoisotopic (exact) mass is 170 g/mol. The fourth-order valence-electron chi connectivity index (χ4n) is 1.53. The second-order valence-corrected chi connectivity index (χ2v) is 3.44. The first-order valence-electron chi connectivity index (χ1n) is 3.87. The molecule has 0 N–H and O–H groups in total. The Morgan fingerprint density at radius 3 is 3.09 bits per heavy atom. The van der Waals surface area contributed by atoms with Gasteiger partial charge in [0, 0.05) is 30.7 Å². The second-order valence-electron chi connectivity index (χ2n) is 3.14. The average molecular weight is 171 g/mol. The highest BCUT2D eigenvalue weighted by Gasteiger charge is 2.39. The molecule has 1 aliphatic carbocycles. The van der Waals surface area contributed by atoms with Gasteiger partial charge >= 0.3 is 0 Å². The maximum Gasteiger partial charge on any atom is 0.0492 e. The lowest BCUT2D eigenvalue weighted by atomic mass is 10.2. The van der Waals surface area contributed by atoms with Gasteiger partial charge in [-0.05, 0) is 18.4 Å². The van der Waals surface area contributed by atoms with Crippen LogP contribution >= 0.6 is 11.6 Å². The van der Waals surface area contributed by atoms with Crippen LogP contribution in [0.1, 0.15) is 18.0 Å². The first kappa shape index (κ1) is 7.17. The van der Waals surface area contributed by atoms with Crippen molar-refractivity contribution in [1.29, 1.82) is 0 Å². The lowest BCUT2D eigenvalue weighted by Crippen LogP contribution is -1.97. The summed E-state index contributed by atoms with van der Waals surface area (Å²) in [4.78, 5) is 0. The average Bonchev–Trinajstić information content (AvgIpc) is 2.68. The van der Waals surface area contributed by atoms with Crippen molar-refractivity contribution >= 4 is 11.6 Å². The standard InChI is InChI=1S/C8H11ClN2/c1-11-8(2-3-10-11)7-4-6(7)5-9/h2-3,6-7H,4-5H2,1H3. The van der Waals surface area contributed by atoms with Crippen LogP contribution in [0.15, 0.2) is 12.3 Å². The molecule has 1 aromatic heterocycles. The van der Waals surface area contributed by atoms with Gasteiger partial charge in [0.05, 0.1) is 0 Å². The molecule has 1 fully saturated rings. The molecular weight excluding hydrogens is 160 g/mol. The first-order chi connectivity index (χ1) is 5.33. The molecule has 1 aromatic rings. The topological polar surface area (TPSA) is 17.8 Å². The SMILES string of the molecule is Cn1nccc1C1CC1CCl. The minimum atomic E-state index is 0.681. The Hall–Kier alpha value is -0.500. The molecule has 0 aliphatic heterocycles. The van der Waals surface area contributed by atoms with Crippen LogP contribution < -0.4 is 0 Å². The largest absolute Gasteiger partial charge is 0.272 e. The van der Waals surface area contributed by atoms with Crippen LogP contribution in [-0.2, 0) is 7.05 Å². The molecule has 2 nitrogen and oxygen atoms in total. The number of hydrogen-bond acceptors (Lipinski definition) is 1. The maximum absolute atomic E-state index is 5.73. The summed E-state index contributed by atoms with van der Waals surface area (Å²) >= 11 is 5.73. The Bertz CT molecular complexity index is 256. The summed E-state index contributed by atoms with van der Waals surface area (Å²) in [6, 6.07) is 2.08. The molecule has 1 saturated carbocycles. The Balaban J connectivity index is 2.14. The van der Waals surface area contributed by atoms with E-state index in [4.69, 9.17) is 11.6 Å². The molecule has 1 heterocycles. The van der Waals surface area contributed by atoms with Crippen LogP contribution in [-0.4, -0.2) is 15.7 Å². The van der Waals surface area contributed by atoms with E-state index in [1.807, 2.05) is 17.9 Å². The zero-order valence-corrected chi connectivity index (χ0v) is 7.25. The van der Waals surface area contributed by atoms with Crippen molar-refractivity contribution in [1.82, 2.24) is 9.78 Å². The van der Waals surface area contributed by atoms with E-state index in [0.29, 0.717) is 11.8 Å². The Kier molecular flexibility index (Phi) is 1.64. The zero-order valence-electron chi connectivity index (χ0n) is 6.50. The summed E-state index contributed by atoms with van der Waals surface area (Å²) in [5.41, 5.74) is 1.33. The summed E-state index contributed by atoms with van der Waals surface area (Å²) < 4.78 is 1.94. The molecule has 2 atom stereocenters. The van der Waals surface area contributed by atoms with Gasteiger partial charge in [-0.15, -0.1) is 11.6 Å². The molecule has 3 heteroatoms. The van der Waals surface area contributed by atoms with Crippen LogP contribution in [0.2, 0.25) is 0 Å². The summed E-state index contributed by atoms with van der Waals surface area (Å²) in [6.07, 6.45) is 3.09. The third kappa shape index (κ3) is 1.16. The number of hydrogen-bond donors (Lipinski definition) is 0. The van der Waals surface area contributed by atoms with Crippen LogP contribution in [0.3, 0.4) is 0 Å². The van der Waals surface area contributed by atoms with Gasteiger partial charge in [0.15, 0.2) is 0 Å². The molecule has 0 aromatic carbocycles. The number of halogens is 1. The molecule has 60 valence electrons. The number of nitrogens with zero attached hydrogens (tertiary/aromatic N) is 2. The highest BCUT2D eigenvalue weighted by molar-refractivity contribution is 6.18. The zero-order chi connectivity index (χ0) is 7.84. The van der Waals surface area contributed by atoms with Gasteiger partial charge in [-0.1, -0.05) is 0 Å². The van der Waals surface area contributed by atoms with Gasteiger partial charge < -0.3 is 0 Å². The quantitative estimate of drug-likeness (QED) is 0.619. The number of aryl methyl sites for hydroxylation is 1. The van der Waals surface area contributed by atoms with Gasteiger partial charge in [0.2, 0.25) is 0 Å². The van der Waals surface area contributed by atoms with E-state index < -0.39 is 0 Å². The molecule has 2 unspecified atom stereocenters. The van der Waals surface area contributed by atoms with Crippen LogP contribution in [0.4, 0.5) is 0 Å². The lowest BCUT2D eigenvalue weighted by Gasteiger charge is -1.97. The smallest absolute Gasteiger partial charge is 0.0492 e. The Labute approximate surface area is 71.2 Å². The van der Waals surface area contributed by atoms with Crippen LogP contribution in [0.5, 0.6) is 0 Å². The van der Waals surface area contributed by atoms with Gasteiger partial charge in [0.1, 0.15) is 0 Å². The summed E-state index contributed by atoms with van der Waals surface area (Å²) in [5, 5.41) is 4.12. The van der Waals surface area contributed by atoms with E-state index in [9.17, 15) is 0 Å². The van der Waals surface area contributed by atoms with Gasteiger partial charge in [-0.3, -0.25) is 4.68 Å². The van der Waals surface area contributed by atoms with Crippen LogP contribution in [0.25, 0.3) is 0 Å². The number of aromatic nitrogens is 2. The second kappa shape index (κ2) is 2.52. The van der Waals surface area contributed by atoms with E-state index in [2.05, 4.69) is 11.2 Å².